The summed E-state index contributed by atoms with van der Waals surface area (Å²) in [5.74, 6) is 0. The fourth-order valence-electron chi connectivity index (χ4n) is 3.07. The molecule has 1 saturated heterocycles. The summed E-state index contributed by atoms with van der Waals surface area (Å²) in [4.78, 5) is 2.68. The molecular formula is C19H24N2O2S. The summed E-state index contributed by atoms with van der Waals surface area (Å²) >= 11 is 0. The standard InChI is InChI=1S/C19H24N2O2S/c1-15-5-8-18(9-6-15)20-10-12-21(13-11-20)24(22,23)19-14-16(2)4-7-17(19)3/h4-9,14H,10-13H2,1-3H3. The highest BCUT2D eigenvalue weighted by atomic mass is 32.2. The Bertz CT molecular complexity index is 821. The maximum absolute atomic E-state index is 13.0. The number of hydrogen-bond acceptors (Lipinski definition) is 3. The average molecular weight is 344 g/mol. The number of nitrogens with zero attached hydrogens (tertiary/aromatic N) is 2. The first-order valence-corrected chi connectivity index (χ1v) is 9.71. The van der Waals surface area contributed by atoms with Crippen LogP contribution in [0.3, 0.4) is 0 Å². The second kappa shape index (κ2) is 6.57. The van der Waals surface area contributed by atoms with Crippen molar-refractivity contribution >= 4 is 15.7 Å². The molecule has 0 radical (unpaired) electrons. The normalized spacial score (nSPS) is 16.4. The van der Waals surface area contributed by atoms with Crippen molar-refractivity contribution in [2.45, 2.75) is 25.7 Å². The molecule has 5 heteroatoms. The molecule has 128 valence electrons. The topological polar surface area (TPSA) is 40.6 Å². The molecule has 2 aromatic carbocycles. The minimum absolute atomic E-state index is 0.436. The Morgan fingerprint density at radius 2 is 1.38 bits per heavy atom. The molecule has 1 aliphatic heterocycles. The van der Waals surface area contributed by atoms with E-state index < -0.39 is 10.0 Å². The van der Waals surface area contributed by atoms with Crippen LogP contribution < -0.4 is 4.90 Å². The molecule has 2 aromatic rings. The number of sulfonamides is 1. The van der Waals surface area contributed by atoms with Gasteiger partial charge < -0.3 is 4.90 Å². The summed E-state index contributed by atoms with van der Waals surface area (Å²) in [6.45, 7) is 8.31. The maximum Gasteiger partial charge on any atom is 0.243 e. The molecule has 1 fully saturated rings. The smallest absolute Gasteiger partial charge is 0.243 e. The third-order valence-corrected chi connectivity index (χ3v) is 6.64. The summed E-state index contributed by atoms with van der Waals surface area (Å²) in [6, 6.07) is 14.0. The highest BCUT2D eigenvalue weighted by Crippen LogP contribution is 2.24. The van der Waals surface area contributed by atoms with Crippen LogP contribution in [0.2, 0.25) is 0 Å². The molecule has 0 aliphatic carbocycles. The van der Waals surface area contributed by atoms with E-state index in [1.54, 1.807) is 10.4 Å². The first-order chi connectivity index (χ1) is 11.4. The number of rotatable bonds is 3. The van der Waals surface area contributed by atoms with Gasteiger partial charge in [-0.3, -0.25) is 0 Å². The molecule has 0 saturated carbocycles. The first-order valence-electron chi connectivity index (χ1n) is 8.27. The molecule has 0 atom stereocenters. The van der Waals surface area contributed by atoms with Gasteiger partial charge in [-0.05, 0) is 50.1 Å². The number of hydrogen-bond donors (Lipinski definition) is 0. The fraction of sp³-hybridized carbons (Fsp3) is 0.368. The van der Waals surface area contributed by atoms with Gasteiger partial charge in [0.1, 0.15) is 0 Å². The van der Waals surface area contributed by atoms with Crippen LogP contribution in [0, 0.1) is 20.8 Å². The highest BCUT2D eigenvalue weighted by molar-refractivity contribution is 7.89. The van der Waals surface area contributed by atoms with E-state index in [2.05, 4.69) is 36.1 Å². The fourth-order valence-corrected chi connectivity index (χ4v) is 4.80. The molecule has 0 spiro atoms. The quantitative estimate of drug-likeness (QED) is 0.859. The Balaban J connectivity index is 1.76. The molecule has 24 heavy (non-hydrogen) atoms. The van der Waals surface area contributed by atoms with Crippen molar-refractivity contribution in [2.24, 2.45) is 0 Å². The van der Waals surface area contributed by atoms with Crippen molar-refractivity contribution in [3.05, 3.63) is 59.2 Å². The zero-order valence-corrected chi connectivity index (χ0v) is 15.3. The van der Waals surface area contributed by atoms with Gasteiger partial charge >= 0.3 is 0 Å². The van der Waals surface area contributed by atoms with Gasteiger partial charge in [-0.1, -0.05) is 29.8 Å². The zero-order chi connectivity index (χ0) is 17.3. The molecule has 1 aliphatic rings. The largest absolute Gasteiger partial charge is 0.369 e. The molecule has 0 unspecified atom stereocenters. The third-order valence-electron chi connectivity index (χ3n) is 4.60. The number of piperazine rings is 1. The molecule has 3 rings (SSSR count). The molecule has 0 N–H and O–H groups in total. The summed E-state index contributed by atoms with van der Waals surface area (Å²) in [7, 11) is -3.42. The SMILES string of the molecule is Cc1ccc(N2CCN(S(=O)(=O)c3cc(C)ccc3C)CC2)cc1. The summed E-state index contributed by atoms with van der Waals surface area (Å²) in [5, 5.41) is 0. The second-order valence-corrected chi connectivity index (χ2v) is 8.40. The summed E-state index contributed by atoms with van der Waals surface area (Å²) in [6.07, 6.45) is 0. The lowest BCUT2D eigenvalue weighted by molar-refractivity contribution is 0.384. The number of anilines is 1. The van der Waals surface area contributed by atoms with Crippen molar-refractivity contribution < 1.29 is 8.42 Å². The van der Waals surface area contributed by atoms with Crippen LogP contribution in [0.15, 0.2) is 47.4 Å². The van der Waals surface area contributed by atoms with Crippen LogP contribution in [0.5, 0.6) is 0 Å². The Morgan fingerprint density at radius 3 is 2.00 bits per heavy atom. The zero-order valence-electron chi connectivity index (χ0n) is 14.5. The minimum atomic E-state index is -3.42. The Hall–Kier alpha value is -1.85. The van der Waals surface area contributed by atoms with E-state index >= 15 is 0 Å². The molecule has 0 amide bonds. The molecule has 0 aromatic heterocycles. The van der Waals surface area contributed by atoms with Crippen LogP contribution in [0.4, 0.5) is 5.69 Å². The second-order valence-electron chi connectivity index (χ2n) is 6.50. The van der Waals surface area contributed by atoms with Crippen LogP contribution >= 0.6 is 0 Å². The molecular weight excluding hydrogens is 320 g/mol. The highest BCUT2D eigenvalue weighted by Gasteiger charge is 2.29. The van der Waals surface area contributed by atoms with Crippen molar-refractivity contribution in [1.29, 1.82) is 0 Å². The van der Waals surface area contributed by atoms with E-state index in [1.807, 2.05) is 26.0 Å². The average Bonchev–Trinajstić information content (AvgIpc) is 2.58. The summed E-state index contributed by atoms with van der Waals surface area (Å²) < 4.78 is 27.5. The van der Waals surface area contributed by atoms with Crippen molar-refractivity contribution in [2.75, 3.05) is 31.1 Å². The predicted molar refractivity (Wildman–Crippen MR) is 98.1 cm³/mol. The molecule has 4 nitrogen and oxygen atoms in total. The van der Waals surface area contributed by atoms with Gasteiger partial charge in [0.15, 0.2) is 0 Å². The van der Waals surface area contributed by atoms with Gasteiger partial charge in [0.25, 0.3) is 0 Å². The lowest BCUT2D eigenvalue weighted by atomic mass is 10.2. The van der Waals surface area contributed by atoms with Gasteiger partial charge in [0.05, 0.1) is 4.90 Å². The monoisotopic (exact) mass is 344 g/mol. The number of aryl methyl sites for hydroxylation is 3. The number of benzene rings is 2. The lowest BCUT2D eigenvalue weighted by Crippen LogP contribution is -2.48. The lowest BCUT2D eigenvalue weighted by Gasteiger charge is -2.35. The maximum atomic E-state index is 13.0. The van der Waals surface area contributed by atoms with E-state index in [-0.39, 0.29) is 0 Å². The van der Waals surface area contributed by atoms with Crippen LogP contribution in [0.25, 0.3) is 0 Å². The first kappa shape index (κ1) is 17.0. The molecule has 1 heterocycles. The predicted octanol–water partition coefficient (Wildman–Crippen LogP) is 3.12. The van der Waals surface area contributed by atoms with Gasteiger partial charge in [0.2, 0.25) is 10.0 Å². The molecule has 0 bridgehead atoms. The van der Waals surface area contributed by atoms with Crippen molar-refractivity contribution in [3.8, 4) is 0 Å². The van der Waals surface area contributed by atoms with Crippen LogP contribution in [-0.4, -0.2) is 38.9 Å². The van der Waals surface area contributed by atoms with E-state index in [9.17, 15) is 8.42 Å². The Kier molecular flexibility index (Phi) is 4.65. The minimum Gasteiger partial charge on any atom is -0.369 e. The van der Waals surface area contributed by atoms with Gasteiger partial charge in [-0.15, -0.1) is 0 Å². The Labute approximate surface area is 144 Å². The van der Waals surface area contributed by atoms with Crippen molar-refractivity contribution in [3.63, 3.8) is 0 Å². The van der Waals surface area contributed by atoms with Crippen LogP contribution in [0.1, 0.15) is 16.7 Å². The van der Waals surface area contributed by atoms with Crippen molar-refractivity contribution in [1.82, 2.24) is 4.31 Å². The van der Waals surface area contributed by atoms with Gasteiger partial charge in [-0.2, -0.15) is 4.31 Å². The van der Waals surface area contributed by atoms with E-state index in [4.69, 9.17) is 0 Å². The summed E-state index contributed by atoms with van der Waals surface area (Å²) in [5.41, 5.74) is 4.17. The third kappa shape index (κ3) is 3.32. The van der Waals surface area contributed by atoms with Gasteiger partial charge in [-0.25, -0.2) is 8.42 Å². The van der Waals surface area contributed by atoms with Gasteiger partial charge in [0, 0.05) is 31.9 Å². The van der Waals surface area contributed by atoms with Crippen LogP contribution in [-0.2, 0) is 10.0 Å². The Morgan fingerprint density at radius 1 is 0.792 bits per heavy atom. The van der Waals surface area contributed by atoms with E-state index in [0.717, 1.165) is 16.8 Å². The van der Waals surface area contributed by atoms with E-state index in [0.29, 0.717) is 31.1 Å². The van der Waals surface area contributed by atoms with E-state index in [1.165, 1.54) is 5.56 Å².